The largest absolute Gasteiger partial charge is 0.405 e. The van der Waals surface area contributed by atoms with Crippen LogP contribution < -0.4 is 10.6 Å². The van der Waals surface area contributed by atoms with Crippen LogP contribution in [0.15, 0.2) is 48.5 Å². The van der Waals surface area contributed by atoms with Gasteiger partial charge in [0.15, 0.2) is 0 Å². The van der Waals surface area contributed by atoms with Crippen LogP contribution in [0.3, 0.4) is 0 Å². The molecule has 0 unspecified atom stereocenters. The maximum Gasteiger partial charge on any atom is 0.405 e. The molecule has 0 aliphatic rings. The van der Waals surface area contributed by atoms with Crippen LogP contribution in [-0.2, 0) is 4.79 Å². The van der Waals surface area contributed by atoms with Crippen LogP contribution in [0.4, 0.5) is 23.2 Å². The Hall–Kier alpha value is -2.87. The molecule has 2 aromatic rings. The second-order valence-corrected chi connectivity index (χ2v) is 5.74. The minimum Gasteiger partial charge on any atom is -0.343 e. The average Bonchev–Trinajstić information content (AvgIpc) is 2.59. The van der Waals surface area contributed by atoms with E-state index in [0.717, 1.165) is 6.08 Å². The first-order chi connectivity index (χ1) is 12.7. The van der Waals surface area contributed by atoms with E-state index < -0.39 is 30.4 Å². The van der Waals surface area contributed by atoms with Gasteiger partial charge in [-0.3, -0.25) is 9.59 Å². The van der Waals surface area contributed by atoms with Crippen molar-refractivity contribution >= 4 is 35.2 Å². The summed E-state index contributed by atoms with van der Waals surface area (Å²) in [5.41, 5.74) is 0.164. The molecular weight excluding hydrogens is 388 g/mol. The van der Waals surface area contributed by atoms with Crippen LogP contribution in [0.5, 0.6) is 0 Å². The van der Waals surface area contributed by atoms with E-state index >= 15 is 0 Å². The second-order valence-electron chi connectivity index (χ2n) is 5.34. The highest BCUT2D eigenvalue weighted by molar-refractivity contribution is 6.32. The molecule has 0 bridgehead atoms. The molecule has 0 spiro atoms. The summed E-state index contributed by atoms with van der Waals surface area (Å²) in [7, 11) is 0. The topological polar surface area (TPSA) is 58.2 Å². The van der Waals surface area contributed by atoms with Gasteiger partial charge in [0.05, 0.1) is 5.02 Å². The average molecular weight is 401 g/mol. The number of hydrogen-bond donors (Lipinski definition) is 2. The molecule has 0 saturated carbocycles. The number of carbonyl (C=O) groups excluding carboxylic acids is 2. The quantitative estimate of drug-likeness (QED) is 0.576. The van der Waals surface area contributed by atoms with Gasteiger partial charge in [-0.2, -0.15) is 13.2 Å². The Morgan fingerprint density at radius 3 is 2.48 bits per heavy atom. The van der Waals surface area contributed by atoms with E-state index in [1.807, 2.05) is 0 Å². The third-order valence-corrected chi connectivity index (χ3v) is 3.57. The van der Waals surface area contributed by atoms with Gasteiger partial charge in [-0.25, -0.2) is 4.39 Å². The van der Waals surface area contributed by atoms with Crippen molar-refractivity contribution in [1.29, 1.82) is 0 Å². The molecule has 0 aliphatic heterocycles. The molecule has 2 amide bonds. The number of amides is 2. The van der Waals surface area contributed by atoms with Gasteiger partial charge in [-0.15, -0.1) is 0 Å². The summed E-state index contributed by atoms with van der Waals surface area (Å²) < 4.78 is 50.1. The van der Waals surface area contributed by atoms with Crippen LogP contribution in [-0.4, -0.2) is 24.5 Å². The van der Waals surface area contributed by atoms with Gasteiger partial charge >= 0.3 is 6.18 Å². The molecule has 4 nitrogen and oxygen atoms in total. The summed E-state index contributed by atoms with van der Waals surface area (Å²) in [6.07, 6.45) is -2.30. The van der Waals surface area contributed by atoms with Crippen LogP contribution in [0.1, 0.15) is 15.9 Å². The Balaban J connectivity index is 2.04. The lowest BCUT2D eigenvalue weighted by Gasteiger charge is -2.09. The van der Waals surface area contributed by atoms with Gasteiger partial charge in [0.25, 0.3) is 5.91 Å². The number of rotatable bonds is 5. The maximum atomic E-state index is 13.6. The van der Waals surface area contributed by atoms with Gasteiger partial charge in [0, 0.05) is 22.9 Å². The Bertz CT molecular complexity index is 862. The number of alkyl halides is 3. The van der Waals surface area contributed by atoms with Crippen molar-refractivity contribution in [3.63, 3.8) is 0 Å². The molecule has 0 fully saturated rings. The Labute approximate surface area is 156 Å². The van der Waals surface area contributed by atoms with Crippen molar-refractivity contribution in [2.75, 3.05) is 11.9 Å². The number of anilines is 1. The lowest BCUT2D eigenvalue weighted by atomic mass is 10.1. The van der Waals surface area contributed by atoms with E-state index in [2.05, 4.69) is 5.32 Å². The molecule has 0 aliphatic carbocycles. The minimum absolute atomic E-state index is 0.0367. The van der Waals surface area contributed by atoms with Crippen molar-refractivity contribution in [3.05, 3.63) is 70.5 Å². The highest BCUT2D eigenvalue weighted by Crippen LogP contribution is 2.20. The first kappa shape index (κ1) is 20.4. The third-order valence-electron chi connectivity index (χ3n) is 3.24. The van der Waals surface area contributed by atoms with Crippen molar-refractivity contribution in [1.82, 2.24) is 5.32 Å². The molecule has 27 heavy (non-hydrogen) atoms. The predicted octanol–water partition coefficient (Wildman–Crippen LogP) is 4.42. The van der Waals surface area contributed by atoms with Crippen LogP contribution in [0.2, 0.25) is 5.02 Å². The Morgan fingerprint density at radius 2 is 1.81 bits per heavy atom. The minimum atomic E-state index is -4.53. The zero-order valence-electron chi connectivity index (χ0n) is 13.6. The van der Waals surface area contributed by atoms with Crippen LogP contribution in [0, 0.1) is 5.82 Å². The van der Waals surface area contributed by atoms with Crippen molar-refractivity contribution in [2.45, 2.75) is 6.18 Å². The van der Waals surface area contributed by atoms with Crippen molar-refractivity contribution in [2.24, 2.45) is 0 Å². The standard InChI is InChI=1S/C18H13ClF4N2O2/c19-14-5-2-6-15(20)13(14)7-8-16(26)25-12-4-1-3-11(9-12)17(27)24-10-18(21,22)23/h1-9H,10H2,(H,24,27)(H,25,26)/b8-7+. The van der Waals surface area contributed by atoms with Gasteiger partial charge in [-0.1, -0.05) is 23.7 Å². The fourth-order valence-corrected chi connectivity index (χ4v) is 2.26. The van der Waals surface area contributed by atoms with E-state index in [-0.39, 0.29) is 21.8 Å². The first-order valence-electron chi connectivity index (χ1n) is 7.54. The molecule has 2 rings (SSSR count). The summed E-state index contributed by atoms with van der Waals surface area (Å²) in [6, 6.07) is 9.43. The molecule has 9 heteroatoms. The van der Waals surface area contributed by atoms with E-state index in [1.54, 1.807) is 5.32 Å². The molecule has 2 aromatic carbocycles. The van der Waals surface area contributed by atoms with Crippen molar-refractivity contribution in [3.8, 4) is 0 Å². The summed E-state index contributed by atoms with van der Waals surface area (Å²) in [4.78, 5) is 23.7. The fraction of sp³-hybridized carbons (Fsp3) is 0.111. The molecule has 0 saturated heterocycles. The molecule has 0 heterocycles. The molecule has 142 valence electrons. The summed E-state index contributed by atoms with van der Waals surface area (Å²) >= 11 is 5.84. The second kappa shape index (κ2) is 8.68. The number of hydrogen-bond acceptors (Lipinski definition) is 2. The molecule has 0 radical (unpaired) electrons. The van der Waals surface area contributed by atoms with E-state index in [9.17, 15) is 27.2 Å². The molecule has 0 atom stereocenters. The summed E-state index contributed by atoms with van der Waals surface area (Å²) in [6.45, 7) is -1.46. The van der Waals surface area contributed by atoms with Crippen molar-refractivity contribution < 1.29 is 27.2 Å². The van der Waals surface area contributed by atoms with E-state index in [1.165, 1.54) is 48.5 Å². The Morgan fingerprint density at radius 1 is 1.11 bits per heavy atom. The zero-order chi connectivity index (χ0) is 20.0. The molecule has 0 aromatic heterocycles. The van der Waals surface area contributed by atoms with Crippen LogP contribution in [0.25, 0.3) is 6.08 Å². The number of carbonyl (C=O) groups is 2. The highest BCUT2D eigenvalue weighted by Gasteiger charge is 2.27. The SMILES string of the molecule is O=C(/C=C/c1c(F)cccc1Cl)Nc1cccc(C(=O)NCC(F)(F)F)c1. The monoisotopic (exact) mass is 400 g/mol. The smallest absolute Gasteiger partial charge is 0.343 e. The van der Waals surface area contributed by atoms with Gasteiger partial charge < -0.3 is 10.6 Å². The zero-order valence-corrected chi connectivity index (χ0v) is 14.4. The van der Waals surface area contributed by atoms with Gasteiger partial charge in [0.1, 0.15) is 12.4 Å². The van der Waals surface area contributed by atoms with Gasteiger partial charge in [-0.05, 0) is 36.4 Å². The number of nitrogens with one attached hydrogen (secondary N) is 2. The van der Waals surface area contributed by atoms with E-state index in [0.29, 0.717) is 0 Å². The number of benzene rings is 2. The fourth-order valence-electron chi connectivity index (χ4n) is 2.03. The number of halogens is 5. The lowest BCUT2D eigenvalue weighted by Crippen LogP contribution is -2.33. The summed E-state index contributed by atoms with van der Waals surface area (Å²) in [5, 5.41) is 4.28. The predicted molar refractivity (Wildman–Crippen MR) is 93.9 cm³/mol. The molecule has 2 N–H and O–H groups in total. The maximum absolute atomic E-state index is 13.6. The first-order valence-corrected chi connectivity index (χ1v) is 7.91. The highest BCUT2D eigenvalue weighted by atomic mass is 35.5. The normalized spacial score (nSPS) is 11.4. The van der Waals surface area contributed by atoms with Gasteiger partial charge in [0.2, 0.25) is 5.91 Å². The Kier molecular flexibility index (Phi) is 6.57. The third kappa shape index (κ3) is 6.41. The van der Waals surface area contributed by atoms with E-state index in [4.69, 9.17) is 11.6 Å². The summed E-state index contributed by atoms with van der Waals surface area (Å²) in [5.74, 6) is -2.17. The van der Waals surface area contributed by atoms with Crippen LogP contribution >= 0.6 is 11.6 Å². The molecular formula is C18H13ClF4N2O2. The lowest BCUT2D eigenvalue weighted by molar-refractivity contribution is -0.123.